The molecule has 2 aliphatic rings. The molecule has 2 heterocycles. The van der Waals surface area contributed by atoms with Gasteiger partial charge in [0.05, 0.1) is 19.3 Å². The Bertz CT molecular complexity index is 1020. The lowest BCUT2D eigenvalue weighted by molar-refractivity contribution is -0.132. The van der Waals surface area contributed by atoms with Gasteiger partial charge in [0.1, 0.15) is 11.5 Å². The maximum atomic E-state index is 13.1. The molecule has 0 spiro atoms. The number of benzene rings is 2. The van der Waals surface area contributed by atoms with Crippen molar-refractivity contribution in [2.45, 2.75) is 32.3 Å². The molecular formula is C24H26N2O5. The summed E-state index contributed by atoms with van der Waals surface area (Å²) in [6, 6.07) is 11.8. The zero-order valence-corrected chi connectivity index (χ0v) is 18.0. The number of likely N-dealkylation sites (tertiary alicyclic amines) is 1. The summed E-state index contributed by atoms with van der Waals surface area (Å²) in [5, 5.41) is 0. The maximum Gasteiger partial charge on any atom is 0.271 e. The first kappa shape index (κ1) is 20.9. The van der Waals surface area contributed by atoms with E-state index in [-0.39, 0.29) is 24.1 Å². The zero-order chi connectivity index (χ0) is 22.2. The molecule has 2 aromatic carbocycles. The topological polar surface area (TPSA) is 76.1 Å². The van der Waals surface area contributed by atoms with Gasteiger partial charge in [-0.15, -0.1) is 0 Å². The lowest BCUT2D eigenvalue weighted by atomic mass is 10.0. The van der Waals surface area contributed by atoms with Crippen LogP contribution in [-0.2, 0) is 4.79 Å². The van der Waals surface area contributed by atoms with E-state index in [1.807, 2.05) is 4.90 Å². The second kappa shape index (κ2) is 8.06. The Morgan fingerprint density at radius 3 is 2.32 bits per heavy atom. The minimum Gasteiger partial charge on any atom is -0.497 e. The smallest absolute Gasteiger partial charge is 0.271 e. The molecule has 0 atom stereocenters. The molecule has 2 aromatic rings. The van der Waals surface area contributed by atoms with Gasteiger partial charge in [-0.05, 0) is 69.2 Å². The number of amides is 2. The van der Waals surface area contributed by atoms with E-state index in [0.717, 1.165) is 25.9 Å². The number of hydrogen-bond donors (Lipinski definition) is 0. The van der Waals surface area contributed by atoms with Gasteiger partial charge in [-0.25, -0.2) is 0 Å². The van der Waals surface area contributed by atoms with Gasteiger partial charge in [-0.1, -0.05) is 0 Å². The van der Waals surface area contributed by atoms with Crippen molar-refractivity contribution in [1.29, 1.82) is 0 Å². The first-order valence-corrected chi connectivity index (χ1v) is 10.4. The summed E-state index contributed by atoms with van der Waals surface area (Å²) in [5.41, 5.74) is 0.284. The third-order valence-corrected chi connectivity index (χ3v) is 5.73. The molecule has 2 aliphatic heterocycles. The number of carbonyl (C=O) groups is 3. The normalized spacial score (nSPS) is 17.2. The van der Waals surface area contributed by atoms with E-state index in [1.165, 1.54) is 4.90 Å². The molecule has 162 valence electrons. The van der Waals surface area contributed by atoms with Crippen LogP contribution in [-0.4, -0.2) is 54.8 Å². The van der Waals surface area contributed by atoms with Crippen molar-refractivity contribution in [1.82, 2.24) is 4.90 Å². The van der Waals surface area contributed by atoms with Crippen molar-refractivity contribution < 1.29 is 23.9 Å². The van der Waals surface area contributed by atoms with Gasteiger partial charge in [0, 0.05) is 24.2 Å². The van der Waals surface area contributed by atoms with Gasteiger partial charge < -0.3 is 14.4 Å². The zero-order valence-electron chi connectivity index (χ0n) is 18.0. The number of nitrogens with zero attached hydrogens (tertiary/aromatic N) is 2. The average molecular weight is 422 g/mol. The molecule has 0 saturated carbocycles. The van der Waals surface area contributed by atoms with E-state index in [2.05, 4.69) is 0 Å². The van der Waals surface area contributed by atoms with E-state index in [9.17, 15) is 14.4 Å². The molecule has 1 saturated heterocycles. The van der Waals surface area contributed by atoms with Crippen molar-refractivity contribution in [3.05, 3.63) is 53.6 Å². The van der Waals surface area contributed by atoms with E-state index in [4.69, 9.17) is 9.47 Å². The predicted octanol–water partition coefficient (Wildman–Crippen LogP) is 3.32. The lowest BCUT2D eigenvalue weighted by Crippen LogP contribution is -2.54. The Morgan fingerprint density at radius 1 is 1.03 bits per heavy atom. The summed E-state index contributed by atoms with van der Waals surface area (Å²) in [5.74, 6) is 0.517. The fourth-order valence-electron chi connectivity index (χ4n) is 3.97. The molecule has 0 aliphatic carbocycles. The highest BCUT2D eigenvalue weighted by Crippen LogP contribution is 2.39. The Balaban J connectivity index is 1.66. The molecule has 1 fully saturated rings. The number of Topliss-reactive ketones (excluding diaryl/α,β-unsaturated/α-hetero) is 1. The molecule has 0 aromatic heterocycles. The van der Waals surface area contributed by atoms with Crippen molar-refractivity contribution in [3.8, 4) is 11.5 Å². The first-order chi connectivity index (χ1) is 14.8. The van der Waals surface area contributed by atoms with Crippen LogP contribution >= 0.6 is 0 Å². The van der Waals surface area contributed by atoms with Crippen LogP contribution in [0.25, 0.3) is 0 Å². The van der Waals surface area contributed by atoms with Gasteiger partial charge in [-0.2, -0.15) is 0 Å². The number of rotatable bonds is 5. The standard InChI is InChI=1S/C24H26N2O5/c1-24(2)23(29)26(15-20(27)16-6-9-18(30-3)10-7-16)19-14-17(8-11-21(19)31-24)22(28)25-12-4-5-13-25/h6-11,14H,4-5,12-13,15H2,1-3H3. The molecule has 0 bridgehead atoms. The highest BCUT2D eigenvalue weighted by atomic mass is 16.5. The fourth-order valence-corrected chi connectivity index (χ4v) is 3.97. The number of anilines is 1. The minimum absolute atomic E-state index is 0.0704. The minimum atomic E-state index is -1.12. The average Bonchev–Trinajstić information content (AvgIpc) is 3.31. The van der Waals surface area contributed by atoms with Crippen molar-refractivity contribution in [2.75, 3.05) is 31.6 Å². The molecule has 7 nitrogen and oxygen atoms in total. The molecule has 2 amide bonds. The van der Waals surface area contributed by atoms with Crippen molar-refractivity contribution in [2.24, 2.45) is 0 Å². The number of fused-ring (bicyclic) bond motifs is 1. The quantitative estimate of drug-likeness (QED) is 0.691. The molecule has 31 heavy (non-hydrogen) atoms. The third kappa shape index (κ3) is 4.00. The van der Waals surface area contributed by atoms with Crippen LogP contribution in [0.3, 0.4) is 0 Å². The summed E-state index contributed by atoms with van der Waals surface area (Å²) in [4.78, 5) is 42.2. The predicted molar refractivity (Wildman–Crippen MR) is 116 cm³/mol. The van der Waals surface area contributed by atoms with Gasteiger partial charge in [0.25, 0.3) is 11.8 Å². The Morgan fingerprint density at radius 2 is 1.68 bits per heavy atom. The summed E-state index contributed by atoms with van der Waals surface area (Å²) < 4.78 is 11.0. The van der Waals surface area contributed by atoms with Crippen LogP contribution in [0, 0.1) is 0 Å². The van der Waals surface area contributed by atoms with E-state index < -0.39 is 5.60 Å². The van der Waals surface area contributed by atoms with Gasteiger partial charge in [0.2, 0.25) is 0 Å². The summed E-state index contributed by atoms with van der Waals surface area (Å²) in [6.45, 7) is 4.67. The van der Waals surface area contributed by atoms with E-state index in [1.54, 1.807) is 63.4 Å². The van der Waals surface area contributed by atoms with Crippen LogP contribution in [0.4, 0.5) is 5.69 Å². The molecule has 4 rings (SSSR count). The van der Waals surface area contributed by atoms with Crippen LogP contribution in [0.15, 0.2) is 42.5 Å². The number of methoxy groups -OCH3 is 1. The van der Waals surface area contributed by atoms with E-state index >= 15 is 0 Å². The third-order valence-electron chi connectivity index (χ3n) is 5.73. The van der Waals surface area contributed by atoms with Gasteiger partial charge >= 0.3 is 0 Å². The molecule has 0 unspecified atom stereocenters. The second-order valence-corrected chi connectivity index (χ2v) is 8.34. The molecule has 0 radical (unpaired) electrons. The van der Waals surface area contributed by atoms with Gasteiger partial charge in [0.15, 0.2) is 11.4 Å². The van der Waals surface area contributed by atoms with E-state index in [0.29, 0.717) is 28.3 Å². The summed E-state index contributed by atoms with van der Waals surface area (Å²) >= 11 is 0. The highest BCUT2D eigenvalue weighted by molar-refractivity contribution is 6.10. The number of ketones is 1. The van der Waals surface area contributed by atoms with Crippen molar-refractivity contribution in [3.63, 3.8) is 0 Å². The highest BCUT2D eigenvalue weighted by Gasteiger charge is 2.42. The number of carbonyl (C=O) groups excluding carboxylic acids is 3. The van der Waals surface area contributed by atoms with Crippen LogP contribution in [0.2, 0.25) is 0 Å². The first-order valence-electron chi connectivity index (χ1n) is 10.4. The molecule has 0 N–H and O–H groups in total. The Hall–Kier alpha value is -3.35. The number of hydrogen-bond acceptors (Lipinski definition) is 5. The largest absolute Gasteiger partial charge is 0.497 e. The van der Waals surface area contributed by atoms with Crippen LogP contribution in [0.5, 0.6) is 11.5 Å². The second-order valence-electron chi connectivity index (χ2n) is 8.34. The summed E-state index contributed by atoms with van der Waals surface area (Å²) in [7, 11) is 1.56. The fraction of sp³-hybridized carbons (Fsp3) is 0.375. The molecular weight excluding hydrogens is 396 g/mol. The Labute approximate surface area is 181 Å². The van der Waals surface area contributed by atoms with Gasteiger partial charge in [-0.3, -0.25) is 19.3 Å². The lowest BCUT2D eigenvalue weighted by Gasteiger charge is -2.38. The Kier molecular flexibility index (Phi) is 5.43. The molecule has 7 heteroatoms. The van der Waals surface area contributed by atoms with Crippen molar-refractivity contribution >= 4 is 23.3 Å². The SMILES string of the molecule is COc1ccc(C(=O)CN2C(=O)C(C)(C)Oc3ccc(C(=O)N4CCCC4)cc32)cc1. The summed E-state index contributed by atoms with van der Waals surface area (Å²) in [6.07, 6.45) is 1.99. The van der Waals surface area contributed by atoms with Crippen LogP contribution in [0.1, 0.15) is 47.4 Å². The van der Waals surface area contributed by atoms with Crippen LogP contribution < -0.4 is 14.4 Å². The monoisotopic (exact) mass is 422 g/mol. The number of ether oxygens (including phenoxy) is 2. The maximum absolute atomic E-state index is 13.1.